The Balaban J connectivity index is 2.01. The van der Waals surface area contributed by atoms with E-state index in [1.165, 1.54) is 11.3 Å². The van der Waals surface area contributed by atoms with Crippen LogP contribution in [0, 0.1) is 13.8 Å². The van der Waals surface area contributed by atoms with Gasteiger partial charge in [0.05, 0.1) is 49.8 Å². The number of amides is 2. The number of nitrogens with two attached hydrogens (primary N) is 1. The van der Waals surface area contributed by atoms with Gasteiger partial charge in [0.2, 0.25) is 5.91 Å². The lowest BCUT2D eigenvalue weighted by atomic mass is 10.1. The molecule has 1 aromatic heterocycles. The van der Waals surface area contributed by atoms with Gasteiger partial charge < -0.3 is 25.4 Å². The molecule has 1 heterocycles. The van der Waals surface area contributed by atoms with Crippen LogP contribution in [0.3, 0.4) is 0 Å². The van der Waals surface area contributed by atoms with Crippen LogP contribution in [-0.2, 0) is 14.3 Å². The third-order valence-corrected chi connectivity index (χ3v) is 5.38. The topological polar surface area (TPSA) is 119 Å². The number of anilines is 3. The molecule has 0 saturated heterocycles. The highest BCUT2D eigenvalue weighted by molar-refractivity contribution is 7.15. The third kappa shape index (κ3) is 7.91. The van der Waals surface area contributed by atoms with E-state index in [2.05, 4.69) is 15.6 Å². The van der Waals surface area contributed by atoms with Crippen molar-refractivity contribution in [3.63, 3.8) is 0 Å². The summed E-state index contributed by atoms with van der Waals surface area (Å²) in [5.74, 6) is -0.573. The number of nitrogens with one attached hydrogen (secondary N) is 2. The molecule has 2 amide bonds. The van der Waals surface area contributed by atoms with Gasteiger partial charge in [0.1, 0.15) is 0 Å². The number of nitrogens with zero attached hydrogens (tertiary/aromatic N) is 2. The summed E-state index contributed by atoms with van der Waals surface area (Å²) in [6, 6.07) is 5.31. The molecule has 0 aliphatic heterocycles. The van der Waals surface area contributed by atoms with Crippen molar-refractivity contribution in [1.82, 2.24) is 4.98 Å². The van der Waals surface area contributed by atoms with Crippen molar-refractivity contribution in [1.29, 1.82) is 0 Å². The SMILES string of the molecule is Cc1nc(NC(=O)c2cc(N(C)C)ccc2NC(=O)CCOCCOCCN)sc1C. The fourth-order valence-corrected chi connectivity index (χ4v) is 3.39. The molecule has 31 heavy (non-hydrogen) atoms. The van der Waals surface area contributed by atoms with Crippen LogP contribution in [-0.4, -0.2) is 63.9 Å². The summed E-state index contributed by atoms with van der Waals surface area (Å²) in [5, 5.41) is 6.16. The number of carbonyl (C=O) groups is 2. The highest BCUT2D eigenvalue weighted by Gasteiger charge is 2.17. The van der Waals surface area contributed by atoms with Crippen LogP contribution in [0.4, 0.5) is 16.5 Å². The van der Waals surface area contributed by atoms with Crippen molar-refractivity contribution in [2.45, 2.75) is 20.3 Å². The zero-order chi connectivity index (χ0) is 22.8. The maximum Gasteiger partial charge on any atom is 0.259 e. The molecule has 2 rings (SSSR count). The smallest absolute Gasteiger partial charge is 0.259 e. The molecular weight excluding hydrogens is 418 g/mol. The van der Waals surface area contributed by atoms with Gasteiger partial charge in [-0.05, 0) is 32.0 Å². The summed E-state index contributed by atoms with van der Waals surface area (Å²) >= 11 is 1.41. The second kappa shape index (κ2) is 12.4. The first-order valence-electron chi connectivity index (χ1n) is 10.0. The number of benzene rings is 1. The fourth-order valence-electron chi connectivity index (χ4n) is 2.58. The molecule has 2 aromatic rings. The molecule has 0 aliphatic rings. The van der Waals surface area contributed by atoms with E-state index in [9.17, 15) is 9.59 Å². The van der Waals surface area contributed by atoms with E-state index in [1.54, 1.807) is 12.1 Å². The molecule has 0 bridgehead atoms. The Morgan fingerprint density at radius 1 is 1.10 bits per heavy atom. The normalized spacial score (nSPS) is 10.7. The maximum atomic E-state index is 12.9. The molecule has 4 N–H and O–H groups in total. The second-order valence-electron chi connectivity index (χ2n) is 7.05. The molecule has 0 aliphatic carbocycles. The van der Waals surface area contributed by atoms with Gasteiger partial charge in [0.25, 0.3) is 5.91 Å². The predicted octanol–water partition coefficient (Wildman–Crippen LogP) is 2.40. The Hall–Kier alpha value is -2.53. The summed E-state index contributed by atoms with van der Waals surface area (Å²) in [6.07, 6.45) is 0.165. The molecule has 10 heteroatoms. The fraction of sp³-hybridized carbons (Fsp3) is 0.476. The Morgan fingerprint density at radius 2 is 1.81 bits per heavy atom. The first-order chi connectivity index (χ1) is 14.8. The lowest BCUT2D eigenvalue weighted by Crippen LogP contribution is -2.20. The Kier molecular flexibility index (Phi) is 9.86. The number of aromatic nitrogens is 1. The van der Waals surface area contributed by atoms with E-state index < -0.39 is 0 Å². The summed E-state index contributed by atoms with van der Waals surface area (Å²) < 4.78 is 10.6. The summed E-state index contributed by atoms with van der Waals surface area (Å²) in [5.41, 5.74) is 7.86. The van der Waals surface area contributed by atoms with Crippen molar-refractivity contribution >= 4 is 39.7 Å². The van der Waals surface area contributed by atoms with Crippen molar-refractivity contribution in [3.8, 4) is 0 Å². The first kappa shape index (κ1) is 24.7. The number of ether oxygens (including phenoxy) is 2. The molecule has 0 radical (unpaired) electrons. The van der Waals surface area contributed by atoms with Gasteiger partial charge in [-0.15, -0.1) is 11.3 Å². The van der Waals surface area contributed by atoms with E-state index in [1.807, 2.05) is 38.9 Å². The highest BCUT2D eigenvalue weighted by Crippen LogP contribution is 2.26. The van der Waals surface area contributed by atoms with E-state index in [0.717, 1.165) is 16.3 Å². The molecule has 1 aromatic carbocycles. The molecule has 0 spiro atoms. The second-order valence-corrected chi connectivity index (χ2v) is 8.25. The van der Waals surface area contributed by atoms with E-state index in [4.69, 9.17) is 15.2 Å². The van der Waals surface area contributed by atoms with Crippen molar-refractivity contribution < 1.29 is 19.1 Å². The highest BCUT2D eigenvalue weighted by atomic mass is 32.1. The number of carbonyl (C=O) groups excluding carboxylic acids is 2. The van der Waals surface area contributed by atoms with E-state index in [-0.39, 0.29) is 24.8 Å². The Bertz CT molecular complexity index is 865. The number of rotatable bonds is 12. The van der Waals surface area contributed by atoms with Crippen LogP contribution in [0.1, 0.15) is 27.3 Å². The Morgan fingerprint density at radius 3 is 2.42 bits per heavy atom. The van der Waals surface area contributed by atoms with Gasteiger partial charge in [0, 0.05) is 31.2 Å². The van der Waals surface area contributed by atoms with Gasteiger partial charge in [-0.1, -0.05) is 0 Å². The molecule has 0 fully saturated rings. The summed E-state index contributed by atoms with van der Waals surface area (Å²) in [6.45, 7) is 5.88. The van der Waals surface area contributed by atoms with Gasteiger partial charge >= 0.3 is 0 Å². The minimum Gasteiger partial charge on any atom is -0.379 e. The lowest BCUT2D eigenvalue weighted by Gasteiger charge is -2.17. The average molecular weight is 450 g/mol. The number of hydrogen-bond acceptors (Lipinski definition) is 8. The summed E-state index contributed by atoms with van der Waals surface area (Å²) in [7, 11) is 3.77. The van der Waals surface area contributed by atoms with Crippen LogP contribution in [0.5, 0.6) is 0 Å². The minimum absolute atomic E-state index is 0.165. The van der Waals surface area contributed by atoms with Crippen molar-refractivity contribution in [3.05, 3.63) is 34.3 Å². The number of aryl methyl sites for hydroxylation is 2. The molecule has 0 atom stereocenters. The quantitative estimate of drug-likeness (QED) is 0.426. The number of hydrogen-bond donors (Lipinski definition) is 3. The van der Waals surface area contributed by atoms with E-state index >= 15 is 0 Å². The molecule has 170 valence electrons. The Labute approximate surface area is 186 Å². The van der Waals surface area contributed by atoms with Crippen molar-refractivity contribution in [2.75, 3.05) is 62.6 Å². The van der Waals surface area contributed by atoms with Gasteiger partial charge in [0.15, 0.2) is 5.13 Å². The molecular formula is C21H31N5O4S. The van der Waals surface area contributed by atoms with Gasteiger partial charge in [-0.3, -0.25) is 14.9 Å². The first-order valence-corrected chi connectivity index (χ1v) is 10.9. The zero-order valence-corrected chi connectivity index (χ0v) is 19.3. The number of thiazole rings is 1. The van der Waals surface area contributed by atoms with Crippen LogP contribution < -0.4 is 21.3 Å². The third-order valence-electron chi connectivity index (χ3n) is 4.39. The molecule has 0 saturated carbocycles. The largest absolute Gasteiger partial charge is 0.379 e. The summed E-state index contributed by atoms with van der Waals surface area (Å²) in [4.78, 5) is 32.6. The van der Waals surface area contributed by atoms with Crippen LogP contribution in [0.2, 0.25) is 0 Å². The van der Waals surface area contributed by atoms with Crippen molar-refractivity contribution in [2.24, 2.45) is 5.73 Å². The van der Waals surface area contributed by atoms with E-state index in [0.29, 0.717) is 42.7 Å². The monoisotopic (exact) mass is 449 g/mol. The minimum atomic E-state index is -0.332. The molecule has 9 nitrogen and oxygen atoms in total. The van der Waals surface area contributed by atoms with Gasteiger partial charge in [-0.25, -0.2) is 4.98 Å². The standard InChI is InChI=1S/C21H31N5O4S/c1-14-15(2)31-21(23-14)25-20(28)17-13-16(26(3)4)5-6-18(17)24-19(27)7-9-29-11-12-30-10-8-22/h5-6,13H,7-12,22H2,1-4H3,(H,24,27)(H,23,25,28). The zero-order valence-electron chi connectivity index (χ0n) is 18.5. The van der Waals surface area contributed by atoms with Crippen LogP contribution >= 0.6 is 11.3 Å². The van der Waals surface area contributed by atoms with Crippen LogP contribution in [0.15, 0.2) is 18.2 Å². The van der Waals surface area contributed by atoms with Gasteiger partial charge in [-0.2, -0.15) is 0 Å². The lowest BCUT2D eigenvalue weighted by molar-refractivity contribution is -0.117. The van der Waals surface area contributed by atoms with Crippen LogP contribution in [0.25, 0.3) is 0 Å². The molecule has 0 unspecified atom stereocenters. The maximum absolute atomic E-state index is 12.9. The predicted molar refractivity (Wildman–Crippen MR) is 124 cm³/mol. The average Bonchev–Trinajstić information content (AvgIpc) is 3.04.